The van der Waals surface area contributed by atoms with E-state index in [2.05, 4.69) is 0 Å². The molecule has 0 atom stereocenters. The molecule has 0 N–H and O–H groups in total. The average molecular weight is 265 g/mol. The van der Waals surface area contributed by atoms with Crippen molar-refractivity contribution in [3.05, 3.63) is 23.8 Å². The molecule has 0 bridgehead atoms. The molecular formula is C9H9ClO3S2. The van der Waals surface area contributed by atoms with Crippen LogP contribution in [0.3, 0.4) is 0 Å². The third-order valence-corrected chi connectivity index (χ3v) is 4.09. The number of thioether (sulfide) groups is 1. The molecule has 1 aromatic rings. The van der Waals surface area contributed by atoms with Crippen LogP contribution in [0.5, 0.6) is 5.75 Å². The summed E-state index contributed by atoms with van der Waals surface area (Å²) < 4.78 is 26.9. The molecule has 82 valence electrons. The molecule has 1 heterocycles. The number of hydrogen-bond donors (Lipinski definition) is 0. The first-order valence-electron chi connectivity index (χ1n) is 4.35. The first kappa shape index (κ1) is 11.1. The van der Waals surface area contributed by atoms with Crippen molar-refractivity contribution in [1.82, 2.24) is 0 Å². The van der Waals surface area contributed by atoms with Crippen LogP contribution in [0, 0.1) is 0 Å². The first-order chi connectivity index (χ1) is 7.04. The highest BCUT2D eigenvalue weighted by Crippen LogP contribution is 2.36. The number of ether oxygens (including phenoxy) is 1. The molecule has 0 saturated heterocycles. The quantitative estimate of drug-likeness (QED) is 0.786. The maximum Gasteiger partial charge on any atom is 0.232 e. The van der Waals surface area contributed by atoms with Crippen molar-refractivity contribution in [2.45, 2.75) is 11.3 Å². The molecule has 0 amide bonds. The SMILES string of the molecule is O=S(=O)(Cl)CCc1ccc2c(c1)SCO2. The molecule has 0 saturated carbocycles. The lowest BCUT2D eigenvalue weighted by Crippen LogP contribution is -2.00. The molecule has 6 heteroatoms. The van der Waals surface area contributed by atoms with E-state index in [1.54, 1.807) is 11.8 Å². The van der Waals surface area contributed by atoms with E-state index in [1.165, 1.54) is 0 Å². The van der Waals surface area contributed by atoms with Crippen molar-refractivity contribution in [2.75, 3.05) is 11.7 Å². The fourth-order valence-corrected chi connectivity index (χ4v) is 2.86. The minimum atomic E-state index is -3.40. The molecular weight excluding hydrogens is 256 g/mol. The standard InChI is InChI=1S/C9H9ClO3S2/c10-15(11,12)4-3-7-1-2-8-9(5-7)14-6-13-8/h1-2,5H,3-4,6H2. The Kier molecular flexibility index (Phi) is 3.13. The van der Waals surface area contributed by atoms with E-state index in [1.807, 2.05) is 18.2 Å². The van der Waals surface area contributed by atoms with Crippen LogP contribution in [-0.2, 0) is 15.5 Å². The summed E-state index contributed by atoms with van der Waals surface area (Å²) in [4.78, 5) is 1.07. The molecule has 0 unspecified atom stereocenters. The number of benzene rings is 1. The highest BCUT2D eigenvalue weighted by Gasteiger charge is 2.13. The Balaban J connectivity index is 2.10. The van der Waals surface area contributed by atoms with E-state index in [4.69, 9.17) is 15.4 Å². The minimum Gasteiger partial charge on any atom is -0.481 e. The Hall–Kier alpha value is -0.390. The van der Waals surface area contributed by atoms with Gasteiger partial charge in [-0.1, -0.05) is 17.8 Å². The van der Waals surface area contributed by atoms with Gasteiger partial charge in [-0.25, -0.2) is 8.42 Å². The van der Waals surface area contributed by atoms with Gasteiger partial charge in [0.2, 0.25) is 9.05 Å². The number of aryl methyl sites for hydroxylation is 1. The summed E-state index contributed by atoms with van der Waals surface area (Å²) in [6, 6.07) is 5.69. The van der Waals surface area contributed by atoms with Crippen LogP contribution in [0.1, 0.15) is 5.56 Å². The van der Waals surface area contributed by atoms with Crippen LogP contribution in [-0.4, -0.2) is 20.1 Å². The lowest BCUT2D eigenvalue weighted by Gasteiger charge is -2.01. The summed E-state index contributed by atoms with van der Waals surface area (Å²) in [5.41, 5.74) is 0.968. The topological polar surface area (TPSA) is 43.4 Å². The fraction of sp³-hybridized carbons (Fsp3) is 0.333. The van der Waals surface area contributed by atoms with Gasteiger partial charge < -0.3 is 4.74 Å². The molecule has 2 rings (SSSR count). The van der Waals surface area contributed by atoms with E-state index in [0.29, 0.717) is 12.4 Å². The van der Waals surface area contributed by atoms with Gasteiger partial charge in [-0.2, -0.15) is 0 Å². The number of hydrogen-bond acceptors (Lipinski definition) is 4. The van der Waals surface area contributed by atoms with Crippen LogP contribution >= 0.6 is 22.4 Å². The van der Waals surface area contributed by atoms with Crippen molar-refractivity contribution in [3.63, 3.8) is 0 Å². The monoisotopic (exact) mass is 264 g/mol. The average Bonchev–Trinajstić information content (AvgIpc) is 2.60. The van der Waals surface area contributed by atoms with Gasteiger partial charge >= 0.3 is 0 Å². The van der Waals surface area contributed by atoms with Crippen LogP contribution in [0.25, 0.3) is 0 Å². The van der Waals surface area contributed by atoms with Crippen LogP contribution in [0.2, 0.25) is 0 Å². The van der Waals surface area contributed by atoms with E-state index >= 15 is 0 Å². The number of halogens is 1. The van der Waals surface area contributed by atoms with Gasteiger partial charge in [0.25, 0.3) is 0 Å². The van der Waals surface area contributed by atoms with Gasteiger partial charge in [0.1, 0.15) is 11.7 Å². The zero-order chi connectivity index (χ0) is 10.9. The molecule has 3 nitrogen and oxygen atoms in total. The highest BCUT2D eigenvalue weighted by atomic mass is 35.7. The Morgan fingerprint density at radius 3 is 3.00 bits per heavy atom. The lowest BCUT2D eigenvalue weighted by atomic mass is 10.2. The van der Waals surface area contributed by atoms with E-state index in [-0.39, 0.29) is 5.75 Å². The van der Waals surface area contributed by atoms with Crippen molar-refractivity contribution < 1.29 is 13.2 Å². The summed E-state index contributed by atoms with van der Waals surface area (Å²) >= 11 is 1.61. The van der Waals surface area contributed by atoms with Gasteiger partial charge in [-0.15, -0.1) is 0 Å². The van der Waals surface area contributed by atoms with Crippen LogP contribution in [0.15, 0.2) is 23.1 Å². The maximum atomic E-state index is 10.8. The maximum absolute atomic E-state index is 10.8. The second-order valence-corrected chi connectivity index (χ2v) is 7.04. The largest absolute Gasteiger partial charge is 0.481 e. The number of fused-ring (bicyclic) bond motifs is 1. The Morgan fingerprint density at radius 1 is 1.47 bits per heavy atom. The van der Waals surface area contributed by atoms with Gasteiger partial charge in [-0.3, -0.25) is 0 Å². The predicted octanol–water partition coefficient (Wildman–Crippen LogP) is 2.24. The molecule has 0 radical (unpaired) electrons. The molecule has 1 aromatic carbocycles. The highest BCUT2D eigenvalue weighted by molar-refractivity contribution is 8.13. The van der Waals surface area contributed by atoms with Gasteiger partial charge in [0, 0.05) is 10.7 Å². The van der Waals surface area contributed by atoms with Gasteiger partial charge in [-0.05, 0) is 24.1 Å². The summed E-state index contributed by atoms with van der Waals surface area (Å²) in [5, 5.41) is 0. The summed E-state index contributed by atoms with van der Waals surface area (Å²) in [5.74, 6) is 1.48. The molecule has 1 aliphatic rings. The third kappa shape index (κ3) is 3.03. The second kappa shape index (κ2) is 4.23. The zero-order valence-electron chi connectivity index (χ0n) is 7.77. The number of rotatable bonds is 3. The summed E-state index contributed by atoms with van der Waals surface area (Å²) in [6.07, 6.45) is 0.444. The van der Waals surface area contributed by atoms with Crippen molar-refractivity contribution in [3.8, 4) is 5.75 Å². The van der Waals surface area contributed by atoms with E-state index in [0.717, 1.165) is 16.2 Å². The molecule has 1 aliphatic heterocycles. The predicted molar refractivity (Wildman–Crippen MR) is 61.1 cm³/mol. The van der Waals surface area contributed by atoms with Crippen molar-refractivity contribution in [1.29, 1.82) is 0 Å². The van der Waals surface area contributed by atoms with Gasteiger partial charge in [0.05, 0.1) is 10.6 Å². The van der Waals surface area contributed by atoms with Crippen LogP contribution in [0.4, 0.5) is 0 Å². The normalized spacial score (nSPS) is 14.7. The molecule has 0 spiro atoms. The second-order valence-electron chi connectivity index (χ2n) is 3.18. The van der Waals surface area contributed by atoms with Crippen molar-refractivity contribution in [2.24, 2.45) is 0 Å². The molecule has 15 heavy (non-hydrogen) atoms. The molecule has 0 aliphatic carbocycles. The summed E-state index contributed by atoms with van der Waals surface area (Å²) in [6.45, 7) is 0. The van der Waals surface area contributed by atoms with E-state index in [9.17, 15) is 8.42 Å². The zero-order valence-corrected chi connectivity index (χ0v) is 10.2. The van der Waals surface area contributed by atoms with Crippen LogP contribution < -0.4 is 4.74 Å². The molecule has 0 fully saturated rings. The summed E-state index contributed by atoms with van der Waals surface area (Å²) in [7, 11) is 1.74. The van der Waals surface area contributed by atoms with E-state index < -0.39 is 9.05 Å². The van der Waals surface area contributed by atoms with Crippen molar-refractivity contribution >= 4 is 31.5 Å². The fourth-order valence-electron chi connectivity index (χ4n) is 1.34. The lowest BCUT2D eigenvalue weighted by molar-refractivity contribution is 0.397. The Labute approximate surface area is 97.2 Å². The Morgan fingerprint density at radius 2 is 2.27 bits per heavy atom. The third-order valence-electron chi connectivity index (χ3n) is 2.07. The molecule has 0 aromatic heterocycles. The Bertz CT molecular complexity index is 470. The minimum absolute atomic E-state index is 0.0289. The van der Waals surface area contributed by atoms with Gasteiger partial charge in [0.15, 0.2) is 0 Å². The first-order valence-corrected chi connectivity index (χ1v) is 7.82. The smallest absolute Gasteiger partial charge is 0.232 e.